The highest BCUT2D eigenvalue weighted by Crippen LogP contribution is 2.53. The van der Waals surface area contributed by atoms with E-state index in [2.05, 4.69) is 207 Å². The van der Waals surface area contributed by atoms with Gasteiger partial charge >= 0.3 is 0 Å². The van der Waals surface area contributed by atoms with E-state index in [1.807, 2.05) is 222 Å². The topological polar surface area (TPSA) is 13.0 Å². The van der Waals surface area contributed by atoms with Gasteiger partial charge in [0, 0.05) is 130 Å². The number of fused-ring (bicyclic) bond motifs is 10. The van der Waals surface area contributed by atoms with Crippen molar-refractivity contribution in [2.75, 3.05) is 45.8 Å². The molecule has 12 radical (unpaired) electrons. The number of benzene rings is 4. The predicted molar refractivity (Wildman–Crippen MR) is 573 cm³/mol. The SMILES string of the molecule is C.C.C.C.C.C.C.C.CC.CC.CC.CC.CC.CC.CC.CC.CC.CC.CC.CC.CC.CC.CC.CC.CCN1c2c(ccc3c2C[C@H](C)[C@@H]3C)[C@H](C)[C@@H]1C.CCN1c2c(ccc3c2[C@@H](C)[C@@H](C)C3)[C@@H](C)[C@H]1C.CCN1c2cc3c(cc2[C@H](C)[C@@H]1C)C[C@@H](C)[C@H]3C.CCN1c2cc3c(cc2[C@H](C)[C@@H]1C)[C@@H](C)[C@@H](C)C3.[B].[B].[B].[B]. The number of hydrogen-bond acceptors (Lipinski definition) is 4. The van der Waals surface area contributed by atoms with Crippen LogP contribution in [0.2, 0.25) is 0 Å². The molecule has 116 heavy (non-hydrogen) atoms. The van der Waals surface area contributed by atoms with E-state index < -0.39 is 0 Å². The van der Waals surface area contributed by atoms with Gasteiger partial charge in [-0.3, -0.25) is 0 Å². The van der Waals surface area contributed by atoms with Crippen LogP contribution in [0.1, 0.15) is 534 Å². The van der Waals surface area contributed by atoms with E-state index in [1.165, 1.54) is 37.1 Å². The van der Waals surface area contributed by atoms with Crippen LogP contribution in [0.4, 0.5) is 22.7 Å². The monoisotopic (exact) mass is 1630 g/mol. The van der Waals surface area contributed by atoms with Crippen molar-refractivity contribution < 1.29 is 0 Å². The molecule has 4 heterocycles. The first-order chi connectivity index (χ1) is 50.2. The third-order valence-corrected chi connectivity index (χ3v) is 22.1. The maximum Gasteiger partial charge on any atom is 0.0442 e. The second-order valence-corrected chi connectivity index (χ2v) is 25.5. The number of rotatable bonds is 4. The highest BCUT2D eigenvalue weighted by molar-refractivity contribution is 5.76. The largest absolute Gasteiger partial charge is 0.368 e. The molecule has 0 aromatic heterocycles. The lowest BCUT2D eigenvalue weighted by molar-refractivity contribution is 0.530. The third-order valence-electron chi connectivity index (χ3n) is 22.1. The Morgan fingerprint density at radius 3 is 0.802 bits per heavy atom. The number of nitrogens with zero attached hydrogens (tertiary/aromatic N) is 4. The molecule has 0 N–H and O–H groups in total. The van der Waals surface area contributed by atoms with Gasteiger partial charge in [0.15, 0.2) is 0 Å². The van der Waals surface area contributed by atoms with Crippen LogP contribution in [-0.2, 0) is 25.7 Å². The summed E-state index contributed by atoms with van der Waals surface area (Å²) in [5.74, 6) is 8.86. The second-order valence-electron chi connectivity index (χ2n) is 25.5. The molecule has 0 spiro atoms. The molecule has 0 amide bonds. The molecule has 0 bridgehead atoms. The minimum atomic E-state index is 0. The zero-order valence-electron chi connectivity index (χ0n) is 83.6. The zero-order valence-corrected chi connectivity index (χ0v) is 83.6. The Labute approximate surface area is 753 Å². The van der Waals surface area contributed by atoms with Crippen LogP contribution in [0.25, 0.3) is 0 Å². The lowest BCUT2D eigenvalue weighted by Crippen LogP contribution is -2.31. The molecule has 4 aromatic rings. The first kappa shape index (κ1) is 163. The highest BCUT2D eigenvalue weighted by atomic mass is 15.2. The van der Waals surface area contributed by atoms with Crippen molar-refractivity contribution in [3.63, 3.8) is 0 Å². The molecule has 0 saturated carbocycles. The Hall–Kier alpha value is -3.66. The predicted octanol–water partition coefficient (Wildman–Crippen LogP) is 37.2. The summed E-state index contributed by atoms with van der Waals surface area (Å²) in [6.45, 7) is 116. The van der Waals surface area contributed by atoms with Crippen LogP contribution in [0.3, 0.4) is 0 Å². The number of hydrogen-bond donors (Lipinski definition) is 0. The number of anilines is 4. The van der Waals surface area contributed by atoms with E-state index in [0.717, 1.165) is 73.5 Å². The summed E-state index contributed by atoms with van der Waals surface area (Å²) in [5.41, 5.74) is 25.5. The summed E-state index contributed by atoms with van der Waals surface area (Å²) >= 11 is 0. The lowest BCUT2D eigenvalue weighted by Gasteiger charge is -2.27. The summed E-state index contributed by atoms with van der Waals surface area (Å²) < 4.78 is 0. The average molecular weight is 1630 g/mol. The van der Waals surface area contributed by atoms with Crippen LogP contribution in [0.15, 0.2) is 48.5 Å². The van der Waals surface area contributed by atoms with Gasteiger partial charge in [-0.25, -0.2) is 0 Å². The average Bonchev–Trinajstić information content (AvgIpc) is 1.61. The molecule has 8 heteroatoms. The van der Waals surface area contributed by atoms with Crippen molar-refractivity contribution in [3.8, 4) is 0 Å². The number of likely N-dealkylation sites (N-methyl/N-ethyl adjacent to an activating group) is 4. The second kappa shape index (κ2) is 93.6. The van der Waals surface area contributed by atoms with E-state index in [-0.39, 0.29) is 93.1 Å². The lowest BCUT2D eigenvalue weighted by atomic mass is 9.91. The summed E-state index contributed by atoms with van der Waals surface area (Å²) in [6.07, 6.45) is 5.08. The van der Waals surface area contributed by atoms with E-state index in [0.29, 0.717) is 47.8 Å². The Bertz CT molecular complexity index is 2640. The van der Waals surface area contributed by atoms with E-state index in [1.54, 1.807) is 78.1 Å². The molecule has 12 rings (SSSR count). The molecule has 4 aliphatic carbocycles. The molecule has 692 valence electrons. The van der Waals surface area contributed by atoms with Gasteiger partial charge in [-0.15, -0.1) is 0 Å². The normalized spacial score (nSPS) is 21.8. The fraction of sp³-hybridized carbons (Fsp3) is 0.778. The van der Waals surface area contributed by atoms with Gasteiger partial charge in [0.25, 0.3) is 0 Å². The standard InChI is InChI=1S/4C17H25N.16C2H6.8CH4.4B/c1-6-18-13(5)12(4)16-9-15-11(3)10(2)7-14(15)8-17(16)18;1-6-18-13(5)12(4)16-8-14-7-10(2)11(3)15(14)9-17(16)18;1-6-18-13(5)12(4)15-8-7-14-11(3)10(2)9-16(14)17(15)18;1-6-18-13(5)12(4)15-8-7-14-9-10(2)11(3)16(14)17(15)18;16*1-2;;;;;;;;;;;;/h2*8-13H,6-7H2,1-5H3;2*7-8,10-13H,6,9H2,1-5H3;16*1-2H3;8*1H4;;;;/t10-,11-,12+,13-;10-,11-,12-,13+;10-,11-,12+,13-;10-,11-,12-,13+;;;;;;;;;;;;;;;;;;;;;;;;;;;;/m0100............................/s1. The molecule has 0 saturated heterocycles. The van der Waals surface area contributed by atoms with Crippen LogP contribution in [-0.4, -0.2) is 84.0 Å². The minimum Gasteiger partial charge on any atom is -0.368 e. The van der Waals surface area contributed by atoms with Crippen molar-refractivity contribution in [3.05, 3.63) is 115 Å². The Morgan fingerprint density at radius 2 is 0.457 bits per heavy atom. The molecule has 0 unspecified atom stereocenters. The van der Waals surface area contributed by atoms with Crippen LogP contribution in [0.5, 0.6) is 0 Å². The fourth-order valence-electron chi connectivity index (χ4n) is 15.9. The summed E-state index contributed by atoms with van der Waals surface area (Å²) in [6, 6.07) is 22.3. The van der Waals surface area contributed by atoms with Gasteiger partial charge < -0.3 is 19.6 Å². The molecule has 4 aliphatic heterocycles. The van der Waals surface area contributed by atoms with Gasteiger partial charge in [0.05, 0.1) is 0 Å². The third kappa shape index (κ3) is 39.7. The van der Waals surface area contributed by atoms with Gasteiger partial charge in [-0.05, 0) is 207 Å². The fourth-order valence-corrected chi connectivity index (χ4v) is 15.9. The molecule has 16 atom stereocenters. The molecule has 4 nitrogen and oxygen atoms in total. The van der Waals surface area contributed by atoms with E-state index in [4.69, 9.17) is 0 Å². The zero-order chi connectivity index (χ0) is 84.1. The van der Waals surface area contributed by atoms with Gasteiger partial charge in [-0.2, -0.15) is 0 Å². The van der Waals surface area contributed by atoms with Crippen LogP contribution in [0, 0.1) is 23.7 Å². The van der Waals surface area contributed by atoms with Crippen LogP contribution < -0.4 is 19.6 Å². The summed E-state index contributed by atoms with van der Waals surface area (Å²) in [4.78, 5) is 10.4. The Morgan fingerprint density at radius 1 is 0.224 bits per heavy atom. The Kier molecular flexibility index (Phi) is 132. The van der Waals surface area contributed by atoms with Crippen molar-refractivity contribution >= 4 is 56.4 Å². The van der Waals surface area contributed by atoms with Crippen molar-refractivity contribution in [1.29, 1.82) is 0 Å². The molecule has 0 fully saturated rings. The molecule has 4 aromatic carbocycles. The minimum absolute atomic E-state index is 0. The maximum atomic E-state index is 2.63. The van der Waals surface area contributed by atoms with Gasteiger partial charge in [-0.1, -0.05) is 400 Å². The highest BCUT2D eigenvalue weighted by Gasteiger charge is 2.42. The smallest absolute Gasteiger partial charge is 0.0442 e. The van der Waals surface area contributed by atoms with Crippen LogP contribution >= 0.6 is 0 Å². The van der Waals surface area contributed by atoms with Crippen molar-refractivity contribution in [2.45, 2.75) is 517 Å². The van der Waals surface area contributed by atoms with Crippen molar-refractivity contribution in [2.24, 2.45) is 23.7 Å². The first-order valence-corrected chi connectivity index (χ1v) is 45.9. The molecule has 8 aliphatic rings. The van der Waals surface area contributed by atoms with Gasteiger partial charge in [0.1, 0.15) is 0 Å². The molecular weight excluding hydrogens is 1400 g/mol. The van der Waals surface area contributed by atoms with Gasteiger partial charge in [0.2, 0.25) is 0 Å². The van der Waals surface area contributed by atoms with E-state index in [9.17, 15) is 0 Å². The van der Waals surface area contributed by atoms with E-state index >= 15 is 0 Å². The van der Waals surface area contributed by atoms with Crippen molar-refractivity contribution in [1.82, 2.24) is 0 Å². The first-order valence-electron chi connectivity index (χ1n) is 45.9. The quantitative estimate of drug-likeness (QED) is 0.189. The summed E-state index contributed by atoms with van der Waals surface area (Å²) in [5, 5.41) is 0. The summed E-state index contributed by atoms with van der Waals surface area (Å²) in [7, 11) is 0. The molecular formula is C108H228B4N4. The maximum absolute atomic E-state index is 2.63. The Balaban J connectivity index is -0.0000000510.